The van der Waals surface area contributed by atoms with Gasteiger partial charge in [0.25, 0.3) is 0 Å². The first-order valence-electron chi connectivity index (χ1n) is 5.67. The van der Waals surface area contributed by atoms with Gasteiger partial charge in [0.2, 0.25) is 0 Å². The van der Waals surface area contributed by atoms with Gasteiger partial charge in [-0.3, -0.25) is 0 Å². The Bertz CT molecular complexity index is 647. The number of hydrogen-bond donors (Lipinski definition) is 0. The van der Waals surface area contributed by atoms with E-state index in [4.69, 9.17) is 0 Å². The number of fused-ring (bicyclic) bond motifs is 3. The third-order valence-corrected chi connectivity index (χ3v) is 4.19. The molecule has 0 bridgehead atoms. The maximum absolute atomic E-state index is 2.27. The lowest BCUT2D eigenvalue weighted by Gasteiger charge is -2.07. The molecule has 0 radical (unpaired) electrons. The van der Waals surface area contributed by atoms with E-state index in [9.17, 15) is 0 Å². The third kappa shape index (κ3) is 1.35. The Kier molecular flexibility index (Phi) is 2.22. The number of benzene rings is 2. The fourth-order valence-electron chi connectivity index (χ4n) is 2.28. The molecular formula is C15H14S. The van der Waals surface area contributed by atoms with E-state index in [0.29, 0.717) is 5.92 Å². The first-order chi connectivity index (χ1) is 7.77. The van der Waals surface area contributed by atoms with Gasteiger partial charge in [-0.2, -0.15) is 0 Å². The Morgan fingerprint density at radius 2 is 1.62 bits per heavy atom. The average molecular weight is 226 g/mol. The molecule has 0 unspecified atom stereocenters. The average Bonchev–Trinajstić information content (AvgIpc) is 2.66. The number of hydrogen-bond acceptors (Lipinski definition) is 1. The predicted molar refractivity (Wildman–Crippen MR) is 73.4 cm³/mol. The fourth-order valence-corrected chi connectivity index (χ4v) is 3.42. The van der Waals surface area contributed by atoms with Crippen molar-refractivity contribution in [3.05, 3.63) is 48.0 Å². The molecule has 0 aliphatic heterocycles. The molecule has 0 amide bonds. The summed E-state index contributed by atoms with van der Waals surface area (Å²) in [5.41, 5.74) is 1.47. The first kappa shape index (κ1) is 9.86. The van der Waals surface area contributed by atoms with Gasteiger partial charge in [0.05, 0.1) is 0 Å². The molecule has 2 aromatic carbocycles. The lowest BCUT2D eigenvalue weighted by molar-refractivity contribution is 0.877. The van der Waals surface area contributed by atoms with E-state index in [1.165, 1.54) is 25.7 Å². The summed E-state index contributed by atoms with van der Waals surface area (Å²) in [7, 11) is 0. The zero-order valence-electron chi connectivity index (χ0n) is 9.53. The molecule has 1 heteroatoms. The zero-order chi connectivity index (χ0) is 11.1. The molecule has 0 spiro atoms. The van der Waals surface area contributed by atoms with Gasteiger partial charge in [-0.1, -0.05) is 44.2 Å². The van der Waals surface area contributed by atoms with Crippen molar-refractivity contribution in [1.82, 2.24) is 0 Å². The molecule has 0 nitrogen and oxygen atoms in total. The standard InChI is InChI=1S/C15H14S/c1-10(2)11-7-5-9-14-15(11)12-6-3-4-8-13(12)16-14/h3-10H,1-2H3. The molecule has 0 saturated heterocycles. The molecule has 0 N–H and O–H groups in total. The molecule has 3 aromatic rings. The second kappa shape index (κ2) is 3.60. The second-order valence-corrected chi connectivity index (χ2v) is 5.56. The first-order valence-corrected chi connectivity index (χ1v) is 6.49. The highest BCUT2D eigenvalue weighted by atomic mass is 32.1. The molecule has 0 aliphatic rings. The van der Waals surface area contributed by atoms with E-state index in [0.717, 1.165) is 0 Å². The van der Waals surface area contributed by atoms with Crippen molar-refractivity contribution in [3.63, 3.8) is 0 Å². The molecule has 0 fully saturated rings. The Hall–Kier alpha value is -1.34. The van der Waals surface area contributed by atoms with Crippen molar-refractivity contribution in [1.29, 1.82) is 0 Å². The number of rotatable bonds is 1. The van der Waals surface area contributed by atoms with E-state index in [2.05, 4.69) is 56.3 Å². The monoisotopic (exact) mass is 226 g/mol. The Morgan fingerprint density at radius 1 is 0.875 bits per heavy atom. The van der Waals surface area contributed by atoms with Crippen molar-refractivity contribution in [2.24, 2.45) is 0 Å². The molecule has 16 heavy (non-hydrogen) atoms. The normalized spacial score (nSPS) is 11.7. The van der Waals surface area contributed by atoms with Crippen molar-refractivity contribution in [2.75, 3.05) is 0 Å². The SMILES string of the molecule is CC(C)c1cccc2sc3ccccc3c12. The van der Waals surface area contributed by atoms with Crippen LogP contribution in [0.5, 0.6) is 0 Å². The summed E-state index contributed by atoms with van der Waals surface area (Å²) in [5.74, 6) is 0.585. The van der Waals surface area contributed by atoms with Crippen LogP contribution in [0.15, 0.2) is 42.5 Å². The van der Waals surface area contributed by atoms with Gasteiger partial charge in [-0.05, 0) is 23.6 Å². The van der Waals surface area contributed by atoms with Crippen LogP contribution in [0, 0.1) is 0 Å². The zero-order valence-corrected chi connectivity index (χ0v) is 10.3. The highest BCUT2D eigenvalue weighted by Crippen LogP contribution is 2.37. The summed E-state index contributed by atoms with van der Waals surface area (Å²) >= 11 is 1.89. The van der Waals surface area contributed by atoms with Crippen LogP contribution in [0.25, 0.3) is 20.2 Å². The Balaban J connectivity index is 2.53. The highest BCUT2D eigenvalue weighted by molar-refractivity contribution is 7.25. The molecule has 1 heterocycles. The summed E-state index contributed by atoms with van der Waals surface area (Å²) in [5, 5.41) is 2.87. The third-order valence-electron chi connectivity index (χ3n) is 3.06. The van der Waals surface area contributed by atoms with Crippen LogP contribution in [0.2, 0.25) is 0 Å². The van der Waals surface area contributed by atoms with E-state index in [1.54, 1.807) is 0 Å². The highest BCUT2D eigenvalue weighted by Gasteiger charge is 2.10. The summed E-state index contributed by atoms with van der Waals surface area (Å²) in [6, 6.07) is 15.4. The van der Waals surface area contributed by atoms with E-state index < -0.39 is 0 Å². The van der Waals surface area contributed by atoms with Crippen LogP contribution in [0.4, 0.5) is 0 Å². The van der Waals surface area contributed by atoms with Crippen LogP contribution >= 0.6 is 11.3 Å². The van der Waals surface area contributed by atoms with Crippen molar-refractivity contribution >= 4 is 31.5 Å². The van der Waals surface area contributed by atoms with E-state index in [-0.39, 0.29) is 0 Å². The van der Waals surface area contributed by atoms with Gasteiger partial charge >= 0.3 is 0 Å². The van der Waals surface area contributed by atoms with Crippen molar-refractivity contribution < 1.29 is 0 Å². The van der Waals surface area contributed by atoms with Crippen LogP contribution in [-0.4, -0.2) is 0 Å². The van der Waals surface area contributed by atoms with Gasteiger partial charge in [0.1, 0.15) is 0 Å². The maximum atomic E-state index is 2.27. The van der Waals surface area contributed by atoms with Crippen LogP contribution < -0.4 is 0 Å². The second-order valence-electron chi connectivity index (χ2n) is 4.47. The molecule has 0 aliphatic carbocycles. The lowest BCUT2D eigenvalue weighted by atomic mass is 9.97. The van der Waals surface area contributed by atoms with Crippen LogP contribution in [-0.2, 0) is 0 Å². The van der Waals surface area contributed by atoms with Gasteiger partial charge < -0.3 is 0 Å². The smallest absolute Gasteiger partial charge is 0.0358 e. The van der Waals surface area contributed by atoms with E-state index in [1.807, 2.05) is 11.3 Å². The van der Waals surface area contributed by atoms with Gasteiger partial charge in [0, 0.05) is 20.2 Å². The Morgan fingerprint density at radius 3 is 2.44 bits per heavy atom. The van der Waals surface area contributed by atoms with Crippen molar-refractivity contribution in [2.45, 2.75) is 19.8 Å². The predicted octanol–water partition coefficient (Wildman–Crippen LogP) is 5.18. The molecule has 1 aromatic heterocycles. The topological polar surface area (TPSA) is 0 Å². The fraction of sp³-hybridized carbons (Fsp3) is 0.200. The van der Waals surface area contributed by atoms with Crippen molar-refractivity contribution in [3.8, 4) is 0 Å². The minimum absolute atomic E-state index is 0.585. The summed E-state index contributed by atoms with van der Waals surface area (Å²) in [6.45, 7) is 4.53. The number of thiophene rings is 1. The maximum Gasteiger partial charge on any atom is 0.0358 e. The molecule has 80 valence electrons. The molecule has 0 saturated carbocycles. The molecular weight excluding hydrogens is 212 g/mol. The summed E-state index contributed by atoms with van der Waals surface area (Å²) in [4.78, 5) is 0. The van der Waals surface area contributed by atoms with Crippen LogP contribution in [0.1, 0.15) is 25.3 Å². The van der Waals surface area contributed by atoms with Gasteiger partial charge in [0.15, 0.2) is 0 Å². The summed E-state index contributed by atoms with van der Waals surface area (Å²) < 4.78 is 2.80. The summed E-state index contributed by atoms with van der Waals surface area (Å²) in [6.07, 6.45) is 0. The van der Waals surface area contributed by atoms with Gasteiger partial charge in [-0.15, -0.1) is 11.3 Å². The molecule has 3 rings (SSSR count). The van der Waals surface area contributed by atoms with Crippen LogP contribution in [0.3, 0.4) is 0 Å². The minimum Gasteiger partial charge on any atom is -0.135 e. The quantitative estimate of drug-likeness (QED) is 0.536. The Labute approximate surface area is 99.5 Å². The molecule has 0 atom stereocenters. The lowest BCUT2D eigenvalue weighted by Crippen LogP contribution is -1.86. The van der Waals surface area contributed by atoms with Gasteiger partial charge in [-0.25, -0.2) is 0 Å². The largest absolute Gasteiger partial charge is 0.135 e. The van der Waals surface area contributed by atoms with E-state index >= 15 is 0 Å². The minimum atomic E-state index is 0.585.